The number of hydrogen-bond acceptors (Lipinski definition) is 6. The smallest absolute Gasteiger partial charge is 0.235 e. The maximum atomic E-state index is 12.0. The van der Waals surface area contributed by atoms with Gasteiger partial charge in [-0.15, -0.1) is 11.6 Å². The SMILES string of the molecule is COC1CCC(n2c([C@@H](CO)NC(=O)CCl)nc3cc(-c4c(C)noc4C)ccc32)CC1. The first-order valence-electron chi connectivity index (χ1n) is 10.9. The Labute approximate surface area is 191 Å². The second kappa shape index (κ2) is 9.60. The Bertz CT molecular complexity index is 1080. The minimum atomic E-state index is -0.642. The number of halogens is 1. The summed E-state index contributed by atoms with van der Waals surface area (Å²) in [5.41, 5.74) is 4.51. The molecule has 1 amide bonds. The van der Waals surface area contributed by atoms with E-state index in [1.54, 1.807) is 7.11 Å². The second-order valence-electron chi connectivity index (χ2n) is 8.35. The van der Waals surface area contributed by atoms with Gasteiger partial charge in [-0.1, -0.05) is 11.2 Å². The molecule has 2 heterocycles. The minimum Gasteiger partial charge on any atom is -0.394 e. The van der Waals surface area contributed by atoms with Gasteiger partial charge in [0.15, 0.2) is 0 Å². The summed E-state index contributed by atoms with van der Waals surface area (Å²) >= 11 is 5.70. The number of carbonyl (C=O) groups excluding carboxylic acids is 1. The van der Waals surface area contributed by atoms with Gasteiger partial charge in [0.05, 0.1) is 29.4 Å². The molecule has 4 rings (SSSR count). The lowest BCUT2D eigenvalue weighted by Crippen LogP contribution is -2.34. The summed E-state index contributed by atoms with van der Waals surface area (Å²) in [5, 5.41) is 16.9. The highest BCUT2D eigenvalue weighted by Gasteiger charge is 2.29. The largest absolute Gasteiger partial charge is 0.394 e. The Morgan fingerprint density at radius 2 is 2.09 bits per heavy atom. The summed E-state index contributed by atoms with van der Waals surface area (Å²) in [6, 6.07) is 5.67. The molecule has 0 unspecified atom stereocenters. The van der Waals surface area contributed by atoms with Crippen LogP contribution in [0, 0.1) is 13.8 Å². The molecule has 0 bridgehead atoms. The maximum Gasteiger partial charge on any atom is 0.235 e. The van der Waals surface area contributed by atoms with E-state index in [-0.39, 0.29) is 30.5 Å². The first-order valence-corrected chi connectivity index (χ1v) is 11.4. The number of alkyl halides is 1. The number of aliphatic hydroxyl groups excluding tert-OH is 1. The van der Waals surface area contributed by atoms with Crippen LogP contribution in [0.5, 0.6) is 0 Å². The van der Waals surface area contributed by atoms with Crippen molar-refractivity contribution in [2.75, 3.05) is 19.6 Å². The molecular weight excluding hydrogens is 432 g/mol. The molecule has 1 fully saturated rings. The Kier molecular flexibility index (Phi) is 6.83. The van der Waals surface area contributed by atoms with Crippen LogP contribution in [0.4, 0.5) is 0 Å². The summed E-state index contributed by atoms with van der Waals surface area (Å²) in [7, 11) is 1.75. The van der Waals surface area contributed by atoms with E-state index in [4.69, 9.17) is 25.8 Å². The number of imidazole rings is 1. The number of rotatable bonds is 7. The molecule has 0 aliphatic heterocycles. The molecule has 172 valence electrons. The lowest BCUT2D eigenvalue weighted by molar-refractivity contribution is -0.119. The molecule has 1 saturated carbocycles. The average molecular weight is 461 g/mol. The molecule has 2 aromatic heterocycles. The van der Waals surface area contributed by atoms with E-state index in [1.165, 1.54) is 0 Å². The molecule has 8 nitrogen and oxygen atoms in total. The standard InChI is InChI=1S/C23H29ClN4O4/c1-13-22(14(2)32-27-13)15-4-9-20-18(10-15)26-23(19(12-29)25-21(30)11-24)28(20)16-5-7-17(31-3)8-6-16/h4,9-10,16-17,19,29H,5-8,11-12H2,1-3H3,(H,25,30)/t16?,17?,19-/m1/s1. The van der Waals surface area contributed by atoms with E-state index in [0.29, 0.717) is 5.82 Å². The predicted molar refractivity (Wildman–Crippen MR) is 122 cm³/mol. The number of hydrogen-bond donors (Lipinski definition) is 2. The summed E-state index contributed by atoms with van der Waals surface area (Å²) in [6.07, 6.45) is 4.04. The zero-order valence-corrected chi connectivity index (χ0v) is 19.4. The third-order valence-corrected chi connectivity index (χ3v) is 6.57. The van der Waals surface area contributed by atoms with Crippen LogP contribution in [0.15, 0.2) is 22.7 Å². The van der Waals surface area contributed by atoms with Gasteiger partial charge in [-0.2, -0.15) is 0 Å². The molecule has 0 saturated heterocycles. The number of aryl methyl sites for hydroxylation is 2. The van der Waals surface area contributed by atoms with E-state index in [1.807, 2.05) is 32.0 Å². The van der Waals surface area contributed by atoms with E-state index in [9.17, 15) is 9.90 Å². The van der Waals surface area contributed by atoms with Gasteiger partial charge in [-0.05, 0) is 57.2 Å². The van der Waals surface area contributed by atoms with Crippen molar-refractivity contribution in [1.29, 1.82) is 0 Å². The number of ether oxygens (including phenoxy) is 1. The van der Waals surface area contributed by atoms with Gasteiger partial charge in [0.25, 0.3) is 0 Å². The molecular formula is C23H29ClN4O4. The third-order valence-electron chi connectivity index (χ3n) is 6.33. The van der Waals surface area contributed by atoms with Crippen LogP contribution >= 0.6 is 11.6 Å². The van der Waals surface area contributed by atoms with Crippen LogP contribution in [0.1, 0.15) is 55.0 Å². The molecule has 1 aliphatic rings. The summed E-state index contributed by atoms with van der Waals surface area (Å²) < 4.78 is 13.1. The van der Waals surface area contributed by atoms with Gasteiger partial charge >= 0.3 is 0 Å². The number of nitrogens with zero attached hydrogens (tertiary/aromatic N) is 3. The number of aliphatic hydroxyl groups is 1. The van der Waals surface area contributed by atoms with Crippen molar-refractivity contribution in [3.8, 4) is 11.1 Å². The van der Waals surface area contributed by atoms with Gasteiger partial charge in [0, 0.05) is 18.7 Å². The highest BCUT2D eigenvalue weighted by molar-refractivity contribution is 6.27. The third kappa shape index (κ3) is 4.27. The lowest BCUT2D eigenvalue weighted by Gasteiger charge is -2.31. The van der Waals surface area contributed by atoms with E-state index in [0.717, 1.165) is 59.3 Å². The van der Waals surface area contributed by atoms with E-state index < -0.39 is 6.04 Å². The quantitative estimate of drug-likeness (QED) is 0.519. The molecule has 0 radical (unpaired) electrons. The van der Waals surface area contributed by atoms with Crippen LogP contribution in [-0.2, 0) is 9.53 Å². The van der Waals surface area contributed by atoms with Crippen molar-refractivity contribution in [1.82, 2.24) is 20.0 Å². The predicted octanol–water partition coefficient (Wildman–Crippen LogP) is 3.83. The lowest BCUT2D eigenvalue weighted by atomic mass is 9.92. The number of methoxy groups -OCH3 is 1. The summed E-state index contributed by atoms with van der Waals surface area (Å²) in [4.78, 5) is 16.9. The van der Waals surface area contributed by atoms with E-state index >= 15 is 0 Å². The zero-order chi connectivity index (χ0) is 22.8. The van der Waals surface area contributed by atoms with Crippen LogP contribution in [-0.4, -0.2) is 51.4 Å². The molecule has 2 N–H and O–H groups in total. The number of amides is 1. The highest BCUT2D eigenvalue weighted by Crippen LogP contribution is 2.37. The van der Waals surface area contributed by atoms with Gasteiger partial charge in [-0.25, -0.2) is 4.98 Å². The fourth-order valence-electron chi connectivity index (χ4n) is 4.76. The van der Waals surface area contributed by atoms with Gasteiger partial charge in [-0.3, -0.25) is 4.79 Å². The number of aromatic nitrogens is 3. The molecule has 0 spiro atoms. The number of carbonyl (C=O) groups is 1. The van der Waals surface area contributed by atoms with Crippen molar-refractivity contribution < 1.29 is 19.2 Å². The van der Waals surface area contributed by atoms with E-state index in [2.05, 4.69) is 15.0 Å². The molecule has 1 aliphatic carbocycles. The monoisotopic (exact) mass is 460 g/mol. The molecule has 3 aromatic rings. The summed E-state index contributed by atoms with van der Waals surface area (Å²) in [5.74, 6) is 0.870. The van der Waals surface area contributed by atoms with Crippen LogP contribution in [0.3, 0.4) is 0 Å². The number of nitrogens with one attached hydrogen (secondary N) is 1. The molecule has 1 atom stereocenters. The Hall–Kier alpha value is -2.42. The molecule has 9 heteroatoms. The van der Waals surface area contributed by atoms with Gasteiger partial charge < -0.3 is 24.3 Å². The highest BCUT2D eigenvalue weighted by atomic mass is 35.5. The normalized spacial score (nSPS) is 19.9. The van der Waals surface area contributed by atoms with Gasteiger partial charge in [0.2, 0.25) is 5.91 Å². The van der Waals surface area contributed by atoms with Crippen LogP contribution in [0.25, 0.3) is 22.2 Å². The maximum absolute atomic E-state index is 12.0. The fourth-order valence-corrected chi connectivity index (χ4v) is 4.84. The zero-order valence-electron chi connectivity index (χ0n) is 18.6. The Balaban J connectivity index is 1.81. The number of fused-ring (bicyclic) bond motifs is 1. The second-order valence-corrected chi connectivity index (χ2v) is 8.61. The summed E-state index contributed by atoms with van der Waals surface area (Å²) in [6.45, 7) is 3.54. The number of benzene rings is 1. The topological polar surface area (TPSA) is 102 Å². The van der Waals surface area contributed by atoms with Crippen molar-refractivity contribution in [2.45, 2.75) is 57.7 Å². The van der Waals surface area contributed by atoms with Crippen molar-refractivity contribution in [2.24, 2.45) is 0 Å². The molecule has 32 heavy (non-hydrogen) atoms. The van der Waals surface area contributed by atoms with Crippen molar-refractivity contribution >= 4 is 28.5 Å². The van der Waals surface area contributed by atoms with Crippen molar-refractivity contribution in [3.63, 3.8) is 0 Å². The van der Waals surface area contributed by atoms with Crippen molar-refractivity contribution in [3.05, 3.63) is 35.5 Å². The minimum absolute atomic E-state index is 0.175. The molecule has 1 aromatic carbocycles. The fraction of sp³-hybridized carbons (Fsp3) is 0.522. The first kappa shape index (κ1) is 22.8. The van der Waals surface area contributed by atoms with Crippen LogP contribution in [0.2, 0.25) is 0 Å². The Morgan fingerprint density at radius 3 is 2.69 bits per heavy atom. The average Bonchev–Trinajstić information content (AvgIpc) is 3.36. The van der Waals surface area contributed by atoms with Gasteiger partial charge in [0.1, 0.15) is 23.5 Å². The van der Waals surface area contributed by atoms with Crippen LogP contribution < -0.4 is 5.32 Å². The Morgan fingerprint density at radius 1 is 1.34 bits per heavy atom. The first-order chi connectivity index (χ1) is 15.5.